The number of methoxy groups -OCH3 is 1. The highest BCUT2D eigenvalue weighted by molar-refractivity contribution is 5.87. The number of esters is 2. The summed E-state index contributed by atoms with van der Waals surface area (Å²) in [6.07, 6.45) is 4.66. The zero-order valence-electron chi connectivity index (χ0n) is 15.3. The SMILES string of the molecule is C=C(C)C(=O)OCCOc1ccc(-c2ccc(C=CC(=O)OC)cn2)cc1. The minimum atomic E-state index is -0.426. The molecule has 0 atom stereocenters. The molecule has 0 radical (unpaired) electrons. The van der Waals surface area contributed by atoms with Crippen LogP contribution < -0.4 is 4.74 Å². The van der Waals surface area contributed by atoms with Gasteiger partial charge in [0.2, 0.25) is 0 Å². The average Bonchev–Trinajstić information content (AvgIpc) is 2.70. The number of pyridine rings is 1. The van der Waals surface area contributed by atoms with Gasteiger partial charge in [0.1, 0.15) is 19.0 Å². The van der Waals surface area contributed by atoms with Crippen molar-refractivity contribution >= 4 is 18.0 Å². The first kappa shape index (κ1) is 19.9. The van der Waals surface area contributed by atoms with Crippen LogP contribution >= 0.6 is 0 Å². The van der Waals surface area contributed by atoms with Crippen LogP contribution in [0.2, 0.25) is 0 Å². The van der Waals surface area contributed by atoms with Gasteiger partial charge in [-0.3, -0.25) is 4.98 Å². The zero-order chi connectivity index (χ0) is 19.6. The van der Waals surface area contributed by atoms with Crippen molar-refractivity contribution in [2.45, 2.75) is 6.92 Å². The van der Waals surface area contributed by atoms with Gasteiger partial charge in [-0.2, -0.15) is 0 Å². The van der Waals surface area contributed by atoms with E-state index < -0.39 is 11.9 Å². The highest BCUT2D eigenvalue weighted by Crippen LogP contribution is 2.21. The monoisotopic (exact) mass is 367 g/mol. The predicted molar refractivity (Wildman–Crippen MR) is 102 cm³/mol. The summed E-state index contributed by atoms with van der Waals surface area (Å²) < 4.78 is 15.0. The Morgan fingerprint density at radius 3 is 2.44 bits per heavy atom. The van der Waals surface area contributed by atoms with Crippen LogP contribution in [-0.4, -0.2) is 37.2 Å². The van der Waals surface area contributed by atoms with Crippen molar-refractivity contribution in [2.24, 2.45) is 0 Å². The summed E-state index contributed by atoms with van der Waals surface area (Å²) >= 11 is 0. The van der Waals surface area contributed by atoms with Crippen LogP contribution in [0.1, 0.15) is 12.5 Å². The molecule has 0 aliphatic carbocycles. The lowest BCUT2D eigenvalue weighted by atomic mass is 10.1. The van der Waals surface area contributed by atoms with Crippen molar-refractivity contribution in [1.29, 1.82) is 0 Å². The molecule has 0 spiro atoms. The smallest absolute Gasteiger partial charge is 0.333 e. The van der Waals surface area contributed by atoms with Crippen molar-refractivity contribution in [3.8, 4) is 17.0 Å². The Labute approximate surface area is 158 Å². The van der Waals surface area contributed by atoms with Gasteiger partial charge in [-0.15, -0.1) is 0 Å². The van der Waals surface area contributed by atoms with Gasteiger partial charge in [0.25, 0.3) is 0 Å². The van der Waals surface area contributed by atoms with Crippen LogP contribution in [0, 0.1) is 0 Å². The molecule has 0 aliphatic rings. The maximum Gasteiger partial charge on any atom is 0.333 e. The first-order chi connectivity index (χ1) is 13.0. The Hall–Kier alpha value is -3.41. The van der Waals surface area contributed by atoms with E-state index in [1.807, 2.05) is 36.4 Å². The predicted octanol–water partition coefficient (Wildman–Crippen LogP) is 3.43. The first-order valence-corrected chi connectivity index (χ1v) is 8.27. The molecule has 0 saturated heterocycles. The van der Waals surface area contributed by atoms with E-state index in [1.165, 1.54) is 13.2 Å². The van der Waals surface area contributed by atoms with Gasteiger partial charge in [0.15, 0.2) is 0 Å². The van der Waals surface area contributed by atoms with Gasteiger partial charge in [0.05, 0.1) is 12.8 Å². The van der Waals surface area contributed by atoms with Gasteiger partial charge in [-0.1, -0.05) is 12.6 Å². The Kier molecular flexibility index (Phi) is 7.31. The highest BCUT2D eigenvalue weighted by Gasteiger charge is 2.04. The van der Waals surface area contributed by atoms with Crippen molar-refractivity contribution in [1.82, 2.24) is 4.98 Å². The molecule has 1 heterocycles. The lowest BCUT2D eigenvalue weighted by Gasteiger charge is -2.08. The first-order valence-electron chi connectivity index (χ1n) is 8.27. The molecule has 27 heavy (non-hydrogen) atoms. The number of aromatic nitrogens is 1. The summed E-state index contributed by atoms with van der Waals surface area (Å²) in [5.74, 6) is -0.170. The second-order valence-electron chi connectivity index (χ2n) is 5.62. The van der Waals surface area contributed by atoms with E-state index >= 15 is 0 Å². The maximum atomic E-state index is 11.3. The van der Waals surface area contributed by atoms with E-state index in [-0.39, 0.29) is 13.2 Å². The number of rotatable bonds is 8. The molecule has 2 rings (SSSR count). The third kappa shape index (κ3) is 6.43. The van der Waals surface area contributed by atoms with Crippen molar-refractivity contribution < 1.29 is 23.8 Å². The topological polar surface area (TPSA) is 74.7 Å². The molecule has 1 aromatic carbocycles. The highest BCUT2D eigenvalue weighted by atomic mass is 16.6. The normalized spacial score (nSPS) is 10.4. The number of carbonyl (C=O) groups is 2. The van der Waals surface area contributed by atoms with Crippen molar-refractivity contribution in [2.75, 3.05) is 20.3 Å². The third-order valence-electron chi connectivity index (χ3n) is 3.48. The number of carbonyl (C=O) groups excluding carboxylic acids is 2. The lowest BCUT2D eigenvalue weighted by Crippen LogP contribution is -2.12. The van der Waals surface area contributed by atoms with Crippen molar-refractivity contribution in [3.05, 3.63) is 66.4 Å². The molecule has 1 aromatic heterocycles. The van der Waals surface area contributed by atoms with E-state index in [0.29, 0.717) is 11.3 Å². The average molecular weight is 367 g/mol. The van der Waals surface area contributed by atoms with Crippen LogP contribution in [0.3, 0.4) is 0 Å². The molecule has 140 valence electrons. The van der Waals surface area contributed by atoms with Crippen LogP contribution in [-0.2, 0) is 19.1 Å². The van der Waals surface area contributed by atoms with Crippen LogP contribution in [0.4, 0.5) is 0 Å². The van der Waals surface area contributed by atoms with Gasteiger partial charge >= 0.3 is 11.9 Å². The summed E-state index contributed by atoms with van der Waals surface area (Å²) in [4.78, 5) is 26.7. The van der Waals surface area contributed by atoms with Gasteiger partial charge in [0, 0.05) is 23.4 Å². The standard InChI is InChI=1S/C21H21NO5/c1-15(2)21(24)27-13-12-26-18-8-6-17(7-9-18)19-10-4-16(14-22-19)5-11-20(23)25-3/h4-11,14H,1,12-13H2,2-3H3. The van der Waals surface area contributed by atoms with Gasteiger partial charge in [-0.25, -0.2) is 9.59 Å². The van der Waals surface area contributed by atoms with E-state index in [9.17, 15) is 9.59 Å². The molecule has 0 unspecified atom stereocenters. The summed E-state index contributed by atoms with van der Waals surface area (Å²) in [6.45, 7) is 5.53. The Bertz CT molecular complexity index is 823. The third-order valence-corrected chi connectivity index (χ3v) is 3.48. The molecule has 0 fully saturated rings. The molecular formula is C21H21NO5. The zero-order valence-corrected chi connectivity index (χ0v) is 15.3. The lowest BCUT2D eigenvalue weighted by molar-refractivity contribution is -0.139. The van der Waals surface area contributed by atoms with E-state index in [0.717, 1.165) is 16.8 Å². The minimum absolute atomic E-state index is 0.162. The molecule has 6 nitrogen and oxygen atoms in total. The second kappa shape index (κ2) is 9.91. The molecule has 2 aromatic rings. The van der Waals surface area contributed by atoms with Crippen LogP contribution in [0.15, 0.2) is 60.8 Å². The molecular weight excluding hydrogens is 346 g/mol. The second-order valence-corrected chi connectivity index (χ2v) is 5.62. The summed E-state index contributed by atoms with van der Waals surface area (Å²) in [6, 6.07) is 11.2. The molecule has 6 heteroatoms. The summed E-state index contributed by atoms with van der Waals surface area (Å²) in [7, 11) is 1.33. The molecule has 0 N–H and O–H groups in total. The summed E-state index contributed by atoms with van der Waals surface area (Å²) in [5, 5.41) is 0. The Morgan fingerprint density at radius 2 is 1.85 bits per heavy atom. The fourth-order valence-corrected chi connectivity index (χ4v) is 2.05. The number of hydrogen-bond donors (Lipinski definition) is 0. The minimum Gasteiger partial charge on any atom is -0.490 e. The van der Waals surface area contributed by atoms with Crippen molar-refractivity contribution in [3.63, 3.8) is 0 Å². The number of ether oxygens (including phenoxy) is 3. The molecule has 0 saturated carbocycles. The fourth-order valence-electron chi connectivity index (χ4n) is 2.05. The van der Waals surface area contributed by atoms with Gasteiger partial charge < -0.3 is 14.2 Å². The van der Waals surface area contributed by atoms with Crippen LogP contribution in [0.25, 0.3) is 17.3 Å². The quantitative estimate of drug-likeness (QED) is 0.404. The van der Waals surface area contributed by atoms with E-state index in [1.54, 1.807) is 19.2 Å². The van der Waals surface area contributed by atoms with Crippen LogP contribution in [0.5, 0.6) is 5.75 Å². The Morgan fingerprint density at radius 1 is 1.11 bits per heavy atom. The number of benzene rings is 1. The van der Waals surface area contributed by atoms with Gasteiger partial charge in [-0.05, 0) is 48.9 Å². The number of nitrogens with zero attached hydrogens (tertiary/aromatic N) is 1. The maximum absolute atomic E-state index is 11.3. The Balaban J connectivity index is 1.89. The molecule has 0 bridgehead atoms. The van der Waals surface area contributed by atoms with E-state index in [4.69, 9.17) is 9.47 Å². The number of hydrogen-bond acceptors (Lipinski definition) is 6. The molecule has 0 amide bonds. The molecule has 0 aliphatic heterocycles. The fraction of sp³-hybridized carbons (Fsp3) is 0.190. The summed E-state index contributed by atoms with van der Waals surface area (Å²) in [5.41, 5.74) is 2.89. The largest absolute Gasteiger partial charge is 0.490 e. The van der Waals surface area contributed by atoms with E-state index in [2.05, 4.69) is 16.3 Å².